The first-order chi connectivity index (χ1) is 13.3. The Morgan fingerprint density at radius 3 is 2.24 bits per heavy atom. The second-order valence-electron chi connectivity index (χ2n) is 7.66. The summed E-state index contributed by atoms with van der Waals surface area (Å²) in [6, 6.07) is 4.82. The topological polar surface area (TPSA) is 85.8 Å². The molecule has 0 aliphatic carbocycles. The van der Waals surface area contributed by atoms with Crippen LogP contribution >= 0.6 is 0 Å². The molecule has 0 atom stereocenters. The van der Waals surface area contributed by atoms with Crippen molar-refractivity contribution in [2.45, 2.75) is 39.0 Å². The van der Waals surface area contributed by atoms with Crippen LogP contribution in [-0.4, -0.2) is 55.4 Å². The van der Waals surface area contributed by atoms with Crippen LogP contribution in [-0.2, 0) is 22.3 Å². The smallest absolute Gasteiger partial charge is 0.350 e. The van der Waals surface area contributed by atoms with E-state index >= 15 is 0 Å². The number of rotatable bonds is 6. The number of carbonyl (C=O) groups excluding carboxylic acids is 2. The van der Waals surface area contributed by atoms with Gasteiger partial charge in [-0.1, -0.05) is 12.1 Å². The second-order valence-corrected chi connectivity index (χ2v) is 7.66. The molecular formula is C19H28F3N5O2. The summed E-state index contributed by atoms with van der Waals surface area (Å²) < 4.78 is 38.5. The van der Waals surface area contributed by atoms with E-state index in [0.29, 0.717) is 5.56 Å². The SMILES string of the molecule is CN(C)C(=O)CNC(=NCc1cccc(C(F)(F)F)c1)NCC(=O)NC(C)(C)C. The Kier molecular flexibility index (Phi) is 8.47. The fourth-order valence-corrected chi connectivity index (χ4v) is 2.13. The number of alkyl halides is 3. The van der Waals surface area contributed by atoms with Crippen molar-refractivity contribution in [2.24, 2.45) is 4.99 Å². The molecule has 10 heteroatoms. The first kappa shape index (κ1) is 24.3. The van der Waals surface area contributed by atoms with Gasteiger partial charge in [-0.25, -0.2) is 4.99 Å². The molecule has 2 amide bonds. The Labute approximate surface area is 168 Å². The average molecular weight is 415 g/mol. The van der Waals surface area contributed by atoms with Gasteiger partial charge in [0.2, 0.25) is 11.8 Å². The van der Waals surface area contributed by atoms with Crippen molar-refractivity contribution >= 4 is 17.8 Å². The van der Waals surface area contributed by atoms with E-state index in [1.807, 2.05) is 20.8 Å². The zero-order valence-corrected chi connectivity index (χ0v) is 17.3. The molecule has 162 valence electrons. The minimum atomic E-state index is -4.44. The third-order valence-electron chi connectivity index (χ3n) is 3.51. The number of halogens is 3. The quantitative estimate of drug-likeness (QED) is 0.488. The van der Waals surface area contributed by atoms with E-state index in [-0.39, 0.29) is 37.4 Å². The predicted molar refractivity (Wildman–Crippen MR) is 105 cm³/mol. The van der Waals surface area contributed by atoms with Crippen molar-refractivity contribution in [3.05, 3.63) is 35.4 Å². The van der Waals surface area contributed by atoms with Crippen LogP contribution in [0.5, 0.6) is 0 Å². The lowest BCUT2D eigenvalue weighted by Crippen LogP contribution is -2.49. The minimum absolute atomic E-state index is 0.0592. The standard InChI is InChI=1S/C19H28F3N5O2/c1-18(2,3)26-15(28)11-24-17(25-12-16(29)27(4)5)23-10-13-7-6-8-14(9-13)19(20,21)22/h6-9H,10-12H2,1-5H3,(H,26,28)(H2,23,24,25). The predicted octanol–water partition coefficient (Wildman–Crippen LogP) is 1.74. The first-order valence-electron chi connectivity index (χ1n) is 8.97. The summed E-state index contributed by atoms with van der Waals surface area (Å²) in [5.41, 5.74) is -0.832. The Morgan fingerprint density at radius 2 is 1.69 bits per heavy atom. The van der Waals surface area contributed by atoms with Crippen LogP contribution in [0, 0.1) is 0 Å². The van der Waals surface area contributed by atoms with Gasteiger partial charge in [0.1, 0.15) is 0 Å². The number of likely N-dealkylation sites (N-methyl/N-ethyl adjacent to an activating group) is 1. The molecule has 0 spiro atoms. The lowest BCUT2D eigenvalue weighted by molar-refractivity contribution is -0.137. The molecule has 29 heavy (non-hydrogen) atoms. The molecule has 0 saturated carbocycles. The summed E-state index contributed by atoms with van der Waals surface area (Å²) in [5.74, 6) is -0.371. The number of amides is 2. The molecular weight excluding hydrogens is 387 g/mol. The Morgan fingerprint density at radius 1 is 1.07 bits per heavy atom. The first-order valence-corrected chi connectivity index (χ1v) is 8.97. The lowest BCUT2D eigenvalue weighted by Gasteiger charge is -2.21. The molecule has 1 aromatic carbocycles. The molecule has 0 bridgehead atoms. The molecule has 0 aliphatic rings. The largest absolute Gasteiger partial charge is 0.416 e. The van der Waals surface area contributed by atoms with Gasteiger partial charge in [0.25, 0.3) is 0 Å². The fourth-order valence-electron chi connectivity index (χ4n) is 2.13. The molecule has 0 radical (unpaired) electrons. The maximum absolute atomic E-state index is 12.8. The van der Waals surface area contributed by atoms with Crippen molar-refractivity contribution in [1.29, 1.82) is 0 Å². The average Bonchev–Trinajstić information content (AvgIpc) is 2.58. The molecule has 3 N–H and O–H groups in total. The summed E-state index contributed by atoms with van der Waals surface area (Å²) >= 11 is 0. The van der Waals surface area contributed by atoms with Gasteiger partial charge in [-0.05, 0) is 38.5 Å². The normalized spacial score (nSPS) is 12.3. The van der Waals surface area contributed by atoms with Crippen LogP contribution < -0.4 is 16.0 Å². The van der Waals surface area contributed by atoms with Gasteiger partial charge in [-0.15, -0.1) is 0 Å². The van der Waals surface area contributed by atoms with E-state index in [0.717, 1.165) is 12.1 Å². The number of aliphatic imine (C=N–C) groups is 1. The third-order valence-corrected chi connectivity index (χ3v) is 3.51. The molecule has 0 heterocycles. The van der Waals surface area contributed by atoms with Crippen LogP contribution in [0.3, 0.4) is 0 Å². The lowest BCUT2D eigenvalue weighted by atomic mass is 10.1. The van der Waals surface area contributed by atoms with Gasteiger partial charge in [0, 0.05) is 19.6 Å². The number of hydrogen-bond donors (Lipinski definition) is 3. The number of benzene rings is 1. The summed E-state index contributed by atoms with van der Waals surface area (Å²) in [5, 5.41) is 8.34. The zero-order valence-electron chi connectivity index (χ0n) is 17.3. The Hall–Kier alpha value is -2.78. The molecule has 0 fully saturated rings. The number of hydrogen-bond acceptors (Lipinski definition) is 3. The number of nitrogens with zero attached hydrogens (tertiary/aromatic N) is 2. The molecule has 1 rings (SSSR count). The molecule has 0 unspecified atom stereocenters. The van der Waals surface area contributed by atoms with Gasteiger partial charge in [-0.3, -0.25) is 9.59 Å². The van der Waals surface area contributed by atoms with Crippen LogP contribution in [0.15, 0.2) is 29.3 Å². The highest BCUT2D eigenvalue weighted by Gasteiger charge is 2.30. The van der Waals surface area contributed by atoms with E-state index in [1.54, 1.807) is 14.1 Å². The van der Waals surface area contributed by atoms with E-state index < -0.39 is 17.3 Å². The monoisotopic (exact) mass is 415 g/mol. The molecule has 1 aromatic rings. The number of nitrogens with one attached hydrogen (secondary N) is 3. The highest BCUT2D eigenvalue weighted by molar-refractivity contribution is 5.89. The molecule has 0 aromatic heterocycles. The van der Waals surface area contributed by atoms with Crippen LogP contribution in [0.2, 0.25) is 0 Å². The second kappa shape index (κ2) is 10.1. The van der Waals surface area contributed by atoms with Gasteiger partial charge in [-0.2, -0.15) is 13.2 Å². The summed E-state index contributed by atoms with van der Waals surface area (Å²) in [6.07, 6.45) is -4.44. The number of carbonyl (C=O) groups is 2. The Bertz CT molecular complexity index is 740. The summed E-state index contributed by atoms with van der Waals surface area (Å²) in [7, 11) is 3.18. The highest BCUT2D eigenvalue weighted by atomic mass is 19.4. The van der Waals surface area contributed by atoms with Crippen LogP contribution in [0.25, 0.3) is 0 Å². The fraction of sp³-hybridized carbons (Fsp3) is 0.526. The zero-order chi connectivity index (χ0) is 22.2. The van der Waals surface area contributed by atoms with E-state index in [2.05, 4.69) is 20.9 Å². The Balaban J connectivity index is 2.86. The van der Waals surface area contributed by atoms with E-state index in [4.69, 9.17) is 0 Å². The van der Waals surface area contributed by atoms with E-state index in [9.17, 15) is 22.8 Å². The van der Waals surface area contributed by atoms with Gasteiger partial charge >= 0.3 is 6.18 Å². The van der Waals surface area contributed by atoms with Gasteiger partial charge < -0.3 is 20.9 Å². The van der Waals surface area contributed by atoms with Crippen LogP contribution in [0.1, 0.15) is 31.9 Å². The minimum Gasteiger partial charge on any atom is -0.350 e. The van der Waals surface area contributed by atoms with Crippen LogP contribution in [0.4, 0.5) is 13.2 Å². The maximum atomic E-state index is 12.8. The van der Waals surface area contributed by atoms with Crippen molar-refractivity contribution in [2.75, 3.05) is 27.2 Å². The van der Waals surface area contributed by atoms with Crippen molar-refractivity contribution in [3.63, 3.8) is 0 Å². The maximum Gasteiger partial charge on any atom is 0.416 e. The number of guanidine groups is 1. The highest BCUT2D eigenvalue weighted by Crippen LogP contribution is 2.29. The third kappa shape index (κ3) is 9.82. The van der Waals surface area contributed by atoms with Crippen molar-refractivity contribution in [1.82, 2.24) is 20.9 Å². The van der Waals surface area contributed by atoms with Crippen molar-refractivity contribution in [3.8, 4) is 0 Å². The molecule has 0 saturated heterocycles. The van der Waals surface area contributed by atoms with Crippen molar-refractivity contribution < 1.29 is 22.8 Å². The van der Waals surface area contributed by atoms with E-state index in [1.165, 1.54) is 17.0 Å². The van der Waals surface area contributed by atoms with Gasteiger partial charge in [0.15, 0.2) is 5.96 Å². The summed E-state index contributed by atoms with van der Waals surface area (Å²) in [4.78, 5) is 29.3. The molecule has 7 nitrogen and oxygen atoms in total. The molecule has 0 aliphatic heterocycles. The van der Waals surface area contributed by atoms with Gasteiger partial charge in [0.05, 0.1) is 25.2 Å². The summed E-state index contributed by atoms with van der Waals surface area (Å²) in [6.45, 7) is 5.26.